The molecule has 2 rings (SSSR count). The number of sulfonamides is 1. The molecule has 24 heavy (non-hydrogen) atoms. The Labute approximate surface area is 142 Å². The lowest BCUT2D eigenvalue weighted by atomic mass is 10.2. The van der Waals surface area contributed by atoms with Crippen molar-refractivity contribution in [2.75, 3.05) is 13.7 Å². The number of nitrogens with zero attached hydrogens (tertiary/aromatic N) is 1. The highest BCUT2D eigenvalue weighted by Crippen LogP contribution is 2.22. The molecule has 1 aromatic carbocycles. The molecule has 0 unspecified atom stereocenters. The largest absolute Gasteiger partial charge is 0.496 e. The molecule has 8 nitrogen and oxygen atoms in total. The molecule has 0 saturated carbocycles. The highest BCUT2D eigenvalue weighted by molar-refractivity contribution is 7.89. The molecule has 2 aromatic rings. The predicted molar refractivity (Wildman–Crippen MR) is 88.0 cm³/mol. The summed E-state index contributed by atoms with van der Waals surface area (Å²) >= 11 is 1.06. The molecule has 0 fully saturated rings. The van der Waals surface area contributed by atoms with Crippen LogP contribution in [0.4, 0.5) is 0 Å². The first kappa shape index (κ1) is 18.2. The van der Waals surface area contributed by atoms with E-state index in [0.29, 0.717) is 0 Å². The maximum absolute atomic E-state index is 12.2. The topological polar surface area (TPSA) is 118 Å². The van der Waals surface area contributed by atoms with Crippen molar-refractivity contribution in [1.82, 2.24) is 4.57 Å². The molecule has 0 atom stereocenters. The molecule has 10 heteroatoms. The number of carbonyl (C=O) groups is 1. The van der Waals surface area contributed by atoms with Gasteiger partial charge in [0.1, 0.15) is 17.9 Å². The van der Waals surface area contributed by atoms with E-state index in [4.69, 9.17) is 14.6 Å². The maximum atomic E-state index is 12.2. The van der Waals surface area contributed by atoms with E-state index >= 15 is 0 Å². The Balaban J connectivity index is 2.15. The lowest BCUT2D eigenvalue weighted by molar-refractivity contribution is 0.0486. The molecule has 1 heterocycles. The van der Waals surface area contributed by atoms with Crippen molar-refractivity contribution in [2.24, 2.45) is 5.14 Å². The summed E-state index contributed by atoms with van der Waals surface area (Å²) in [5.41, 5.74) is 0.716. The molecule has 0 aliphatic heterocycles. The van der Waals surface area contributed by atoms with Crippen LogP contribution in [0.25, 0.3) is 0 Å². The summed E-state index contributed by atoms with van der Waals surface area (Å²) in [6, 6.07) is 3.65. The van der Waals surface area contributed by atoms with Crippen LogP contribution in [0.5, 0.6) is 5.75 Å². The van der Waals surface area contributed by atoms with Crippen LogP contribution in [-0.2, 0) is 21.3 Å². The van der Waals surface area contributed by atoms with Crippen molar-refractivity contribution in [3.8, 4) is 5.75 Å². The molecule has 2 N–H and O–H groups in total. The molecule has 0 bridgehead atoms. The van der Waals surface area contributed by atoms with Crippen LogP contribution in [0, 0.1) is 6.92 Å². The number of aryl methyl sites for hydroxylation is 1. The average Bonchev–Trinajstić information content (AvgIpc) is 2.85. The van der Waals surface area contributed by atoms with E-state index in [1.165, 1.54) is 23.8 Å². The van der Waals surface area contributed by atoms with E-state index in [9.17, 15) is 18.0 Å². The molecule has 1 aromatic heterocycles. The number of aromatic nitrogens is 1. The number of hydrogen-bond donors (Lipinski definition) is 1. The van der Waals surface area contributed by atoms with Gasteiger partial charge in [-0.1, -0.05) is 11.3 Å². The molecule has 130 valence electrons. The number of primary sulfonamides is 1. The smallest absolute Gasteiger partial charge is 0.342 e. The lowest BCUT2D eigenvalue weighted by Crippen LogP contribution is -2.20. The minimum absolute atomic E-state index is 0.0426. The van der Waals surface area contributed by atoms with Gasteiger partial charge in [0.15, 0.2) is 0 Å². The minimum Gasteiger partial charge on any atom is -0.496 e. The van der Waals surface area contributed by atoms with Gasteiger partial charge < -0.3 is 9.47 Å². The molecule has 0 spiro atoms. The number of rotatable bonds is 6. The number of esters is 1. The second kappa shape index (κ2) is 7.16. The fourth-order valence-corrected chi connectivity index (χ4v) is 3.31. The Morgan fingerprint density at radius 3 is 2.62 bits per heavy atom. The summed E-state index contributed by atoms with van der Waals surface area (Å²) < 4.78 is 34.4. The Hall–Kier alpha value is -2.17. The second-order valence-electron chi connectivity index (χ2n) is 4.84. The van der Waals surface area contributed by atoms with Crippen LogP contribution in [0.3, 0.4) is 0 Å². The number of benzene rings is 1. The van der Waals surface area contributed by atoms with E-state index in [0.717, 1.165) is 23.1 Å². The van der Waals surface area contributed by atoms with E-state index in [1.807, 2.05) is 0 Å². The summed E-state index contributed by atoms with van der Waals surface area (Å²) in [7, 11) is -2.61. The number of nitrogens with two attached hydrogens (primary N) is 1. The second-order valence-corrected chi connectivity index (χ2v) is 7.22. The van der Waals surface area contributed by atoms with Crippen molar-refractivity contribution in [3.05, 3.63) is 44.5 Å². The monoisotopic (exact) mass is 372 g/mol. The van der Waals surface area contributed by atoms with E-state index in [-0.39, 0.29) is 34.2 Å². The summed E-state index contributed by atoms with van der Waals surface area (Å²) in [4.78, 5) is 23.4. The molecule has 0 aliphatic rings. The SMILES string of the molecule is COc1ccc(S(N)(=O)=O)cc1C(=O)OCCn1c(C)csc1=O. The normalized spacial score (nSPS) is 11.3. The van der Waals surface area contributed by atoms with Crippen LogP contribution in [-0.4, -0.2) is 32.7 Å². The molecular formula is C14H16N2O6S2. The first-order valence-electron chi connectivity index (χ1n) is 6.77. The first-order chi connectivity index (χ1) is 11.2. The predicted octanol–water partition coefficient (Wildman–Crippen LogP) is 0.731. The van der Waals surface area contributed by atoms with Gasteiger partial charge in [0.05, 0.1) is 18.6 Å². The highest BCUT2D eigenvalue weighted by Gasteiger charge is 2.18. The number of methoxy groups -OCH3 is 1. The fraction of sp³-hybridized carbons (Fsp3) is 0.286. The average molecular weight is 372 g/mol. The third kappa shape index (κ3) is 4.02. The quantitative estimate of drug-likeness (QED) is 0.747. The van der Waals surface area contributed by atoms with Gasteiger partial charge in [0.2, 0.25) is 10.0 Å². The van der Waals surface area contributed by atoms with Crippen LogP contribution in [0.2, 0.25) is 0 Å². The first-order valence-corrected chi connectivity index (χ1v) is 9.19. The van der Waals surface area contributed by atoms with E-state index < -0.39 is 16.0 Å². The zero-order valence-corrected chi connectivity index (χ0v) is 14.6. The van der Waals surface area contributed by atoms with Crippen molar-refractivity contribution in [2.45, 2.75) is 18.4 Å². The number of thiazole rings is 1. The molecule has 0 aliphatic carbocycles. The number of ether oxygens (including phenoxy) is 2. The third-order valence-electron chi connectivity index (χ3n) is 3.24. The molecule has 0 radical (unpaired) electrons. The molecule has 0 saturated heterocycles. The summed E-state index contributed by atoms with van der Waals surface area (Å²) in [5.74, 6) is -0.602. The van der Waals surface area contributed by atoms with Gasteiger partial charge in [-0.05, 0) is 25.1 Å². The van der Waals surface area contributed by atoms with Gasteiger partial charge in [-0.15, -0.1) is 0 Å². The van der Waals surface area contributed by atoms with Gasteiger partial charge in [-0.25, -0.2) is 18.4 Å². The molecule has 0 amide bonds. The van der Waals surface area contributed by atoms with E-state index in [1.54, 1.807) is 12.3 Å². The zero-order chi connectivity index (χ0) is 17.9. The summed E-state index contributed by atoms with van der Waals surface area (Å²) in [6.07, 6.45) is 0. The Bertz CT molecular complexity index is 914. The van der Waals surface area contributed by atoms with Gasteiger partial charge in [0, 0.05) is 11.1 Å². The van der Waals surface area contributed by atoms with Gasteiger partial charge >= 0.3 is 10.8 Å². The number of hydrogen-bond acceptors (Lipinski definition) is 7. The minimum atomic E-state index is -3.96. The summed E-state index contributed by atoms with van der Waals surface area (Å²) in [6.45, 7) is 1.94. The van der Waals surface area contributed by atoms with Gasteiger partial charge in [-0.2, -0.15) is 0 Å². The Kier molecular flexibility index (Phi) is 5.42. The van der Waals surface area contributed by atoms with Crippen molar-refractivity contribution in [1.29, 1.82) is 0 Å². The molecular weight excluding hydrogens is 356 g/mol. The third-order valence-corrected chi connectivity index (χ3v) is 5.04. The zero-order valence-electron chi connectivity index (χ0n) is 13.0. The van der Waals surface area contributed by atoms with Gasteiger partial charge in [-0.3, -0.25) is 9.36 Å². The van der Waals surface area contributed by atoms with Crippen LogP contribution in [0.1, 0.15) is 16.1 Å². The maximum Gasteiger partial charge on any atom is 0.342 e. The van der Waals surface area contributed by atoms with Crippen molar-refractivity contribution in [3.63, 3.8) is 0 Å². The van der Waals surface area contributed by atoms with Crippen LogP contribution >= 0.6 is 11.3 Å². The van der Waals surface area contributed by atoms with Crippen molar-refractivity contribution < 1.29 is 22.7 Å². The Morgan fingerprint density at radius 1 is 1.38 bits per heavy atom. The van der Waals surface area contributed by atoms with Crippen LogP contribution < -0.4 is 14.7 Å². The van der Waals surface area contributed by atoms with E-state index in [2.05, 4.69) is 0 Å². The summed E-state index contributed by atoms with van der Waals surface area (Å²) in [5, 5.41) is 6.77. The van der Waals surface area contributed by atoms with Crippen molar-refractivity contribution >= 4 is 27.3 Å². The van der Waals surface area contributed by atoms with Gasteiger partial charge in [0.25, 0.3) is 0 Å². The fourth-order valence-electron chi connectivity index (χ4n) is 2.01. The standard InChI is InChI=1S/C14H16N2O6S2/c1-9-8-23-14(18)16(9)5-6-22-13(17)11-7-10(24(15,19)20)3-4-12(11)21-2/h3-4,7-8H,5-6H2,1-2H3,(H2,15,19,20). The lowest BCUT2D eigenvalue weighted by Gasteiger charge is -2.10. The van der Waals surface area contributed by atoms with Crippen LogP contribution in [0.15, 0.2) is 33.3 Å². The number of carbonyl (C=O) groups excluding carboxylic acids is 1. The Morgan fingerprint density at radius 2 is 2.08 bits per heavy atom. The highest BCUT2D eigenvalue weighted by atomic mass is 32.2.